The Morgan fingerprint density at radius 1 is 1.61 bits per heavy atom. The molecule has 0 unspecified atom stereocenters. The van der Waals surface area contributed by atoms with Gasteiger partial charge in [0.25, 0.3) is 5.91 Å². The van der Waals surface area contributed by atoms with E-state index in [0.717, 1.165) is 12.1 Å². The lowest BCUT2D eigenvalue weighted by Gasteiger charge is -2.16. The molecule has 0 radical (unpaired) electrons. The van der Waals surface area contributed by atoms with E-state index in [0.29, 0.717) is 12.2 Å². The highest BCUT2D eigenvalue weighted by atomic mass is 16.4. The first-order valence-corrected chi connectivity index (χ1v) is 5.82. The normalized spacial score (nSPS) is 11.6. The number of hydrogen-bond acceptors (Lipinski definition) is 4. The number of aryl methyl sites for hydroxylation is 2. The Balaban J connectivity index is 2.92. The SMILES string of the molecule is CCc1cc(C(=O)N(C)CC(N)=NO)n(CC)n1. The van der Waals surface area contributed by atoms with Gasteiger partial charge in [-0.15, -0.1) is 0 Å². The van der Waals surface area contributed by atoms with Gasteiger partial charge < -0.3 is 15.8 Å². The van der Waals surface area contributed by atoms with Crippen LogP contribution in [0.5, 0.6) is 0 Å². The summed E-state index contributed by atoms with van der Waals surface area (Å²) < 4.78 is 1.66. The van der Waals surface area contributed by atoms with Crippen LogP contribution in [0.15, 0.2) is 11.2 Å². The summed E-state index contributed by atoms with van der Waals surface area (Å²) in [4.78, 5) is 13.6. The van der Waals surface area contributed by atoms with Gasteiger partial charge in [0.15, 0.2) is 5.84 Å². The fourth-order valence-corrected chi connectivity index (χ4v) is 1.60. The average Bonchev–Trinajstić information content (AvgIpc) is 2.80. The summed E-state index contributed by atoms with van der Waals surface area (Å²) in [6.45, 7) is 4.60. The number of aromatic nitrogens is 2. The van der Waals surface area contributed by atoms with Crippen molar-refractivity contribution in [2.24, 2.45) is 10.9 Å². The van der Waals surface area contributed by atoms with Gasteiger partial charge in [-0.05, 0) is 19.4 Å². The fraction of sp³-hybridized carbons (Fsp3) is 0.545. The standard InChI is InChI=1S/C11H19N5O2/c1-4-8-6-9(16(5-2)13-8)11(17)15(3)7-10(12)14-18/h6,18H,4-5,7H2,1-3H3,(H2,12,14). The number of amides is 1. The molecule has 0 spiro atoms. The Kier molecular flexibility index (Phi) is 4.70. The lowest BCUT2D eigenvalue weighted by atomic mass is 10.3. The van der Waals surface area contributed by atoms with Gasteiger partial charge in [-0.1, -0.05) is 12.1 Å². The summed E-state index contributed by atoms with van der Waals surface area (Å²) in [7, 11) is 1.60. The van der Waals surface area contributed by atoms with Crippen LogP contribution in [0.4, 0.5) is 0 Å². The van der Waals surface area contributed by atoms with Crippen LogP contribution in [0.1, 0.15) is 30.0 Å². The van der Waals surface area contributed by atoms with Crippen molar-refractivity contribution in [1.29, 1.82) is 0 Å². The van der Waals surface area contributed by atoms with Crippen LogP contribution in [-0.4, -0.2) is 45.2 Å². The van der Waals surface area contributed by atoms with Crippen molar-refractivity contribution >= 4 is 11.7 Å². The van der Waals surface area contributed by atoms with Crippen molar-refractivity contribution < 1.29 is 10.0 Å². The second kappa shape index (κ2) is 6.04. The molecule has 0 aliphatic rings. The summed E-state index contributed by atoms with van der Waals surface area (Å²) in [5.41, 5.74) is 6.76. The molecule has 0 aromatic carbocycles. The van der Waals surface area contributed by atoms with Crippen LogP contribution in [0.25, 0.3) is 0 Å². The first-order valence-electron chi connectivity index (χ1n) is 5.82. The molecule has 0 saturated heterocycles. The van der Waals surface area contributed by atoms with E-state index in [1.54, 1.807) is 17.8 Å². The van der Waals surface area contributed by atoms with Crippen LogP contribution in [0.2, 0.25) is 0 Å². The summed E-state index contributed by atoms with van der Waals surface area (Å²) >= 11 is 0. The van der Waals surface area contributed by atoms with Crippen molar-refractivity contribution in [2.45, 2.75) is 26.8 Å². The first kappa shape index (κ1) is 14.0. The molecular weight excluding hydrogens is 234 g/mol. The van der Waals surface area contributed by atoms with Crippen molar-refractivity contribution in [1.82, 2.24) is 14.7 Å². The molecule has 100 valence electrons. The summed E-state index contributed by atoms with van der Waals surface area (Å²) in [6.07, 6.45) is 0.775. The molecule has 1 heterocycles. The molecule has 0 fully saturated rings. The van der Waals surface area contributed by atoms with E-state index < -0.39 is 0 Å². The lowest BCUT2D eigenvalue weighted by Crippen LogP contribution is -2.36. The third-order valence-corrected chi connectivity index (χ3v) is 2.59. The Bertz CT molecular complexity index is 452. The molecule has 7 heteroatoms. The number of likely N-dealkylation sites (N-methyl/N-ethyl adjacent to an activating group) is 1. The number of hydrogen-bond donors (Lipinski definition) is 2. The van der Waals surface area contributed by atoms with Crippen LogP contribution >= 0.6 is 0 Å². The van der Waals surface area contributed by atoms with E-state index >= 15 is 0 Å². The van der Waals surface area contributed by atoms with Gasteiger partial charge in [0.1, 0.15) is 5.69 Å². The molecule has 1 rings (SSSR count). The monoisotopic (exact) mass is 253 g/mol. The number of amidine groups is 1. The number of carbonyl (C=O) groups excluding carboxylic acids is 1. The molecule has 7 nitrogen and oxygen atoms in total. The Morgan fingerprint density at radius 3 is 2.78 bits per heavy atom. The predicted octanol–water partition coefficient (Wildman–Crippen LogP) is 0.284. The molecule has 0 aliphatic carbocycles. The molecule has 1 aromatic rings. The van der Waals surface area contributed by atoms with Crippen molar-refractivity contribution in [3.8, 4) is 0 Å². The Hall–Kier alpha value is -2.05. The van der Waals surface area contributed by atoms with Crippen LogP contribution in [0, 0.1) is 0 Å². The smallest absolute Gasteiger partial charge is 0.272 e. The minimum absolute atomic E-state index is 0.0101. The van der Waals surface area contributed by atoms with Gasteiger partial charge in [-0.25, -0.2) is 0 Å². The zero-order chi connectivity index (χ0) is 13.7. The highest BCUT2D eigenvalue weighted by Gasteiger charge is 2.18. The maximum atomic E-state index is 12.2. The molecule has 0 atom stereocenters. The summed E-state index contributed by atoms with van der Waals surface area (Å²) in [5.74, 6) is -0.209. The maximum Gasteiger partial charge on any atom is 0.272 e. The highest BCUT2D eigenvalue weighted by Crippen LogP contribution is 2.08. The Labute approximate surface area is 106 Å². The molecule has 18 heavy (non-hydrogen) atoms. The first-order chi connectivity index (χ1) is 8.53. The van der Waals surface area contributed by atoms with E-state index in [9.17, 15) is 4.79 Å². The Morgan fingerprint density at radius 2 is 2.28 bits per heavy atom. The largest absolute Gasteiger partial charge is 0.409 e. The second-order valence-corrected chi connectivity index (χ2v) is 3.94. The molecule has 1 aromatic heterocycles. The summed E-state index contributed by atoms with van der Waals surface area (Å²) in [6, 6.07) is 1.77. The predicted molar refractivity (Wildman–Crippen MR) is 67.6 cm³/mol. The summed E-state index contributed by atoms with van der Waals surface area (Å²) in [5, 5.41) is 15.6. The van der Waals surface area contributed by atoms with E-state index in [1.807, 2.05) is 13.8 Å². The topological polar surface area (TPSA) is 96.7 Å². The van der Waals surface area contributed by atoms with E-state index in [4.69, 9.17) is 10.9 Å². The van der Waals surface area contributed by atoms with Gasteiger partial charge in [0, 0.05) is 13.6 Å². The number of rotatable bonds is 5. The third kappa shape index (κ3) is 2.99. The molecule has 0 aliphatic heterocycles. The van der Waals surface area contributed by atoms with Gasteiger partial charge in [-0.2, -0.15) is 5.10 Å². The van der Waals surface area contributed by atoms with Gasteiger partial charge in [-0.3, -0.25) is 9.48 Å². The van der Waals surface area contributed by atoms with Crippen LogP contribution in [0.3, 0.4) is 0 Å². The van der Waals surface area contributed by atoms with Crippen LogP contribution in [-0.2, 0) is 13.0 Å². The molecule has 1 amide bonds. The van der Waals surface area contributed by atoms with Gasteiger partial charge in [0.05, 0.1) is 12.2 Å². The molecule has 0 saturated carbocycles. The lowest BCUT2D eigenvalue weighted by molar-refractivity contribution is 0.0801. The fourth-order valence-electron chi connectivity index (χ4n) is 1.60. The second-order valence-electron chi connectivity index (χ2n) is 3.94. The average molecular weight is 253 g/mol. The number of oxime groups is 1. The minimum Gasteiger partial charge on any atom is -0.409 e. The van der Waals surface area contributed by atoms with Gasteiger partial charge >= 0.3 is 0 Å². The number of carbonyl (C=O) groups is 1. The van der Waals surface area contributed by atoms with E-state index in [-0.39, 0.29) is 18.3 Å². The minimum atomic E-state index is -0.198. The number of nitrogens with zero attached hydrogens (tertiary/aromatic N) is 4. The van der Waals surface area contributed by atoms with Gasteiger partial charge in [0.2, 0.25) is 0 Å². The molecule has 3 N–H and O–H groups in total. The van der Waals surface area contributed by atoms with E-state index in [1.165, 1.54) is 4.90 Å². The highest BCUT2D eigenvalue weighted by molar-refractivity contribution is 5.95. The van der Waals surface area contributed by atoms with Crippen molar-refractivity contribution in [2.75, 3.05) is 13.6 Å². The third-order valence-electron chi connectivity index (χ3n) is 2.59. The van der Waals surface area contributed by atoms with E-state index in [2.05, 4.69) is 10.3 Å². The molecule has 0 bridgehead atoms. The maximum absolute atomic E-state index is 12.2. The quantitative estimate of drug-likeness (QED) is 0.341. The van der Waals surface area contributed by atoms with Crippen molar-refractivity contribution in [3.63, 3.8) is 0 Å². The number of nitrogens with two attached hydrogens (primary N) is 1. The van der Waals surface area contributed by atoms with Crippen LogP contribution < -0.4 is 5.73 Å². The van der Waals surface area contributed by atoms with Crippen molar-refractivity contribution in [3.05, 3.63) is 17.5 Å². The zero-order valence-electron chi connectivity index (χ0n) is 10.9. The molecular formula is C11H19N5O2. The zero-order valence-corrected chi connectivity index (χ0v) is 10.9.